The van der Waals surface area contributed by atoms with E-state index in [0.29, 0.717) is 17.1 Å². The largest absolute Gasteiger partial charge is 0.497 e. The fourth-order valence-corrected chi connectivity index (χ4v) is 2.72. The Labute approximate surface area is 136 Å². The Balaban J connectivity index is 2.09. The van der Waals surface area contributed by atoms with Crippen LogP contribution in [0.1, 0.15) is 17.2 Å². The van der Waals surface area contributed by atoms with Crippen molar-refractivity contribution < 1.29 is 14.6 Å². The molecule has 1 atom stereocenters. The van der Waals surface area contributed by atoms with Crippen molar-refractivity contribution >= 4 is 27.0 Å². The number of nitrogens with zero attached hydrogens (tertiary/aromatic N) is 1. The van der Waals surface area contributed by atoms with Gasteiger partial charge in [0.25, 0.3) is 0 Å². The summed E-state index contributed by atoms with van der Waals surface area (Å²) in [4.78, 5) is 7.35. The molecule has 0 aliphatic rings. The minimum absolute atomic E-state index is 0.632. The van der Waals surface area contributed by atoms with Gasteiger partial charge in [-0.25, -0.2) is 4.98 Å². The fraction of sp³-hybridized carbons (Fsp3) is 0.188. The molecular formula is C16H15BrN2O3. The Morgan fingerprint density at radius 3 is 2.45 bits per heavy atom. The molecule has 0 bridgehead atoms. The first-order chi connectivity index (χ1) is 10.6. The molecule has 0 aliphatic carbocycles. The smallest absolute Gasteiger partial charge is 0.137 e. The highest BCUT2D eigenvalue weighted by molar-refractivity contribution is 9.10. The minimum atomic E-state index is -0.811. The third-order valence-corrected chi connectivity index (χ3v) is 3.95. The number of nitrogens with one attached hydrogen (secondary N) is 1. The summed E-state index contributed by atoms with van der Waals surface area (Å²) in [5, 5.41) is 11.6. The highest BCUT2D eigenvalue weighted by Gasteiger charge is 2.18. The van der Waals surface area contributed by atoms with Gasteiger partial charge in [0.2, 0.25) is 0 Å². The highest BCUT2D eigenvalue weighted by Crippen LogP contribution is 2.33. The molecule has 0 spiro atoms. The molecule has 0 fully saturated rings. The van der Waals surface area contributed by atoms with Crippen molar-refractivity contribution in [1.82, 2.24) is 9.97 Å². The molecule has 5 nitrogen and oxygen atoms in total. The molecule has 1 unspecified atom stereocenters. The molecule has 22 heavy (non-hydrogen) atoms. The van der Waals surface area contributed by atoms with Crippen molar-refractivity contribution in [2.24, 2.45) is 0 Å². The van der Waals surface area contributed by atoms with Gasteiger partial charge in [-0.1, -0.05) is 0 Å². The van der Waals surface area contributed by atoms with E-state index >= 15 is 0 Å². The van der Waals surface area contributed by atoms with E-state index in [1.807, 2.05) is 6.07 Å². The molecule has 0 radical (unpaired) electrons. The Morgan fingerprint density at radius 1 is 1.14 bits per heavy atom. The SMILES string of the molecule is COc1cc(OC)cc(C(O)c2c[nH]c3ncc(Br)cc23)c1. The van der Waals surface area contributed by atoms with E-state index in [1.165, 1.54) is 0 Å². The average molecular weight is 363 g/mol. The first-order valence-corrected chi connectivity index (χ1v) is 7.45. The number of halogens is 1. The lowest BCUT2D eigenvalue weighted by Crippen LogP contribution is -2.00. The summed E-state index contributed by atoms with van der Waals surface area (Å²) in [6, 6.07) is 7.27. The van der Waals surface area contributed by atoms with Gasteiger partial charge in [-0.05, 0) is 39.7 Å². The molecule has 3 aromatic rings. The second-order valence-corrected chi connectivity index (χ2v) is 5.76. The first kappa shape index (κ1) is 14.9. The minimum Gasteiger partial charge on any atom is -0.497 e. The van der Waals surface area contributed by atoms with E-state index in [0.717, 1.165) is 21.1 Å². The lowest BCUT2D eigenvalue weighted by molar-refractivity contribution is 0.220. The number of fused-ring (bicyclic) bond motifs is 1. The van der Waals surface area contributed by atoms with Crippen LogP contribution in [0, 0.1) is 0 Å². The van der Waals surface area contributed by atoms with Gasteiger partial charge >= 0.3 is 0 Å². The third kappa shape index (κ3) is 2.67. The van der Waals surface area contributed by atoms with Crippen molar-refractivity contribution in [1.29, 1.82) is 0 Å². The van der Waals surface area contributed by atoms with Crippen LogP contribution in [-0.4, -0.2) is 29.3 Å². The van der Waals surface area contributed by atoms with Gasteiger partial charge in [0, 0.05) is 33.9 Å². The van der Waals surface area contributed by atoms with E-state index in [9.17, 15) is 5.11 Å². The summed E-state index contributed by atoms with van der Waals surface area (Å²) in [6.07, 6.45) is 2.67. The summed E-state index contributed by atoms with van der Waals surface area (Å²) in [6.45, 7) is 0. The van der Waals surface area contributed by atoms with Gasteiger partial charge in [-0.15, -0.1) is 0 Å². The zero-order chi connectivity index (χ0) is 15.7. The molecule has 3 rings (SSSR count). The summed E-state index contributed by atoms with van der Waals surface area (Å²) in [5.74, 6) is 1.26. The molecule has 114 valence electrons. The number of pyridine rings is 1. The molecule has 0 amide bonds. The maximum Gasteiger partial charge on any atom is 0.137 e. The molecule has 0 saturated heterocycles. The van der Waals surface area contributed by atoms with Gasteiger partial charge in [-0.3, -0.25) is 0 Å². The number of methoxy groups -OCH3 is 2. The number of benzene rings is 1. The van der Waals surface area contributed by atoms with Gasteiger partial charge in [0.1, 0.15) is 23.3 Å². The first-order valence-electron chi connectivity index (χ1n) is 6.66. The van der Waals surface area contributed by atoms with E-state index in [-0.39, 0.29) is 0 Å². The summed E-state index contributed by atoms with van der Waals surface area (Å²) in [7, 11) is 3.16. The van der Waals surface area contributed by atoms with Gasteiger partial charge < -0.3 is 19.6 Å². The van der Waals surface area contributed by atoms with Crippen LogP contribution in [0.3, 0.4) is 0 Å². The molecule has 2 aromatic heterocycles. The second-order valence-electron chi connectivity index (χ2n) is 4.84. The standard InChI is InChI=1S/C16H15BrN2O3/c1-21-11-3-9(4-12(6-11)22-2)15(20)14-8-19-16-13(14)5-10(17)7-18-16/h3-8,15,20H,1-2H3,(H,18,19). The molecule has 6 heteroatoms. The number of H-pyrrole nitrogens is 1. The Bertz CT molecular complexity index is 794. The van der Waals surface area contributed by atoms with E-state index in [4.69, 9.17) is 9.47 Å². The summed E-state index contributed by atoms with van der Waals surface area (Å²) in [5.41, 5.74) is 2.17. The van der Waals surface area contributed by atoms with Crippen LogP contribution in [0.4, 0.5) is 0 Å². The normalized spacial score (nSPS) is 12.4. The zero-order valence-electron chi connectivity index (χ0n) is 12.1. The lowest BCUT2D eigenvalue weighted by atomic mass is 10.0. The quantitative estimate of drug-likeness (QED) is 0.745. The monoisotopic (exact) mass is 362 g/mol. The molecule has 2 N–H and O–H groups in total. The van der Waals surface area contributed by atoms with Crippen molar-refractivity contribution in [2.45, 2.75) is 6.10 Å². The number of aromatic nitrogens is 2. The number of aromatic amines is 1. The number of aliphatic hydroxyl groups is 1. The zero-order valence-corrected chi connectivity index (χ0v) is 13.7. The van der Waals surface area contributed by atoms with Crippen molar-refractivity contribution in [3.8, 4) is 11.5 Å². The van der Waals surface area contributed by atoms with Crippen molar-refractivity contribution in [2.75, 3.05) is 14.2 Å². The number of aliphatic hydroxyl groups excluding tert-OH is 1. The van der Waals surface area contributed by atoms with Crippen molar-refractivity contribution in [3.63, 3.8) is 0 Å². The maximum atomic E-state index is 10.7. The van der Waals surface area contributed by atoms with Crippen LogP contribution in [0.2, 0.25) is 0 Å². The highest BCUT2D eigenvalue weighted by atomic mass is 79.9. The van der Waals surface area contributed by atoms with Gasteiger partial charge in [0.15, 0.2) is 0 Å². The van der Waals surface area contributed by atoms with Gasteiger partial charge in [0.05, 0.1) is 14.2 Å². The topological polar surface area (TPSA) is 67.4 Å². The van der Waals surface area contributed by atoms with E-state index in [1.54, 1.807) is 44.8 Å². The number of ether oxygens (including phenoxy) is 2. The van der Waals surface area contributed by atoms with Crippen LogP contribution >= 0.6 is 15.9 Å². The Hall–Kier alpha value is -2.05. The Morgan fingerprint density at radius 2 is 1.82 bits per heavy atom. The maximum absolute atomic E-state index is 10.7. The summed E-state index contributed by atoms with van der Waals surface area (Å²) >= 11 is 3.40. The van der Waals surface area contributed by atoms with Crippen LogP contribution in [0.5, 0.6) is 11.5 Å². The average Bonchev–Trinajstić information content (AvgIpc) is 2.96. The van der Waals surface area contributed by atoms with E-state index in [2.05, 4.69) is 25.9 Å². The van der Waals surface area contributed by atoms with Crippen LogP contribution < -0.4 is 9.47 Å². The lowest BCUT2D eigenvalue weighted by Gasteiger charge is -2.13. The third-order valence-electron chi connectivity index (χ3n) is 3.51. The number of hydrogen-bond acceptors (Lipinski definition) is 4. The van der Waals surface area contributed by atoms with E-state index < -0.39 is 6.10 Å². The van der Waals surface area contributed by atoms with Crippen LogP contribution in [-0.2, 0) is 0 Å². The fourth-order valence-electron chi connectivity index (χ4n) is 2.39. The molecule has 1 aromatic carbocycles. The van der Waals surface area contributed by atoms with Crippen LogP contribution in [0.25, 0.3) is 11.0 Å². The molecule has 0 saturated carbocycles. The number of hydrogen-bond donors (Lipinski definition) is 2. The van der Waals surface area contributed by atoms with Gasteiger partial charge in [-0.2, -0.15) is 0 Å². The summed E-state index contributed by atoms with van der Waals surface area (Å²) < 4.78 is 11.4. The molecular weight excluding hydrogens is 348 g/mol. The predicted molar refractivity (Wildman–Crippen MR) is 87.4 cm³/mol. The predicted octanol–water partition coefficient (Wildman–Crippen LogP) is 3.42. The molecule has 2 heterocycles. The van der Waals surface area contributed by atoms with Crippen LogP contribution in [0.15, 0.2) is 41.1 Å². The second kappa shape index (κ2) is 5.98. The van der Waals surface area contributed by atoms with Crippen molar-refractivity contribution in [3.05, 3.63) is 52.3 Å². The molecule has 0 aliphatic heterocycles. The number of rotatable bonds is 4. The Kier molecular flexibility index (Phi) is 4.04.